The van der Waals surface area contributed by atoms with Crippen molar-refractivity contribution in [2.24, 2.45) is 9.81 Å². The summed E-state index contributed by atoms with van der Waals surface area (Å²) in [5.74, 6) is 0. The van der Waals surface area contributed by atoms with E-state index in [1.165, 1.54) is 18.4 Å². The van der Waals surface area contributed by atoms with Crippen LogP contribution in [0, 0.1) is 5.41 Å². The highest BCUT2D eigenvalue weighted by molar-refractivity contribution is 7.91. The van der Waals surface area contributed by atoms with Crippen molar-refractivity contribution in [1.29, 1.82) is 0 Å². The van der Waals surface area contributed by atoms with Gasteiger partial charge in [0, 0.05) is 5.41 Å². The standard InChI is InChI=1S/C19H33NOS/c1-7-13-19(15-12-16(2)3)14-10-8-9-11-17(19)20-22(21)18(4,5)6/h7,12H,1,8-11,13-15H2,2-6H3/b20-17+/t19-,22?/m1/s1. The molecule has 1 fully saturated rings. The maximum absolute atomic E-state index is 12.6. The number of allylic oxidation sites excluding steroid dienone is 3. The minimum Gasteiger partial charge on any atom is -0.591 e. The zero-order valence-electron chi connectivity index (χ0n) is 15.1. The predicted octanol–water partition coefficient (Wildman–Crippen LogP) is 5.77. The van der Waals surface area contributed by atoms with Crippen LogP contribution >= 0.6 is 0 Å². The van der Waals surface area contributed by atoms with E-state index in [1.807, 2.05) is 26.8 Å². The molecule has 1 aliphatic carbocycles. The highest BCUT2D eigenvalue weighted by Crippen LogP contribution is 2.41. The second kappa shape index (κ2) is 8.35. The molecule has 0 aliphatic heterocycles. The zero-order valence-corrected chi connectivity index (χ0v) is 15.9. The van der Waals surface area contributed by atoms with Gasteiger partial charge in [-0.25, -0.2) is 0 Å². The van der Waals surface area contributed by atoms with Crippen LogP contribution in [0.4, 0.5) is 0 Å². The van der Waals surface area contributed by atoms with Gasteiger partial charge in [0.25, 0.3) is 0 Å². The molecule has 22 heavy (non-hydrogen) atoms. The lowest BCUT2D eigenvalue weighted by Crippen LogP contribution is -2.33. The summed E-state index contributed by atoms with van der Waals surface area (Å²) in [6.07, 6.45) is 12.0. The average Bonchev–Trinajstić information content (AvgIpc) is 2.59. The van der Waals surface area contributed by atoms with Crippen LogP contribution in [-0.2, 0) is 11.4 Å². The molecule has 1 saturated carbocycles. The maximum Gasteiger partial charge on any atom is 0.144 e. The van der Waals surface area contributed by atoms with E-state index in [9.17, 15) is 4.55 Å². The second-order valence-corrected chi connectivity index (χ2v) is 9.62. The van der Waals surface area contributed by atoms with Crippen LogP contribution in [0.1, 0.15) is 79.6 Å². The van der Waals surface area contributed by atoms with Crippen molar-refractivity contribution >= 4 is 17.1 Å². The molecule has 0 heterocycles. The van der Waals surface area contributed by atoms with E-state index >= 15 is 0 Å². The summed E-state index contributed by atoms with van der Waals surface area (Å²) in [4.78, 5) is 0. The van der Waals surface area contributed by atoms with Crippen molar-refractivity contribution in [3.8, 4) is 0 Å². The summed E-state index contributed by atoms with van der Waals surface area (Å²) >= 11 is -1.17. The fourth-order valence-electron chi connectivity index (χ4n) is 2.92. The first-order valence-electron chi connectivity index (χ1n) is 8.45. The van der Waals surface area contributed by atoms with Crippen molar-refractivity contribution in [3.05, 3.63) is 24.3 Å². The lowest BCUT2D eigenvalue weighted by Gasteiger charge is -2.32. The third kappa shape index (κ3) is 5.58. The Hall–Kier alpha value is -0.540. The fourth-order valence-corrected chi connectivity index (χ4v) is 3.68. The van der Waals surface area contributed by atoms with E-state index in [4.69, 9.17) is 4.40 Å². The zero-order chi connectivity index (χ0) is 16.8. The van der Waals surface area contributed by atoms with Crippen molar-refractivity contribution in [2.75, 3.05) is 0 Å². The molecule has 1 unspecified atom stereocenters. The summed E-state index contributed by atoms with van der Waals surface area (Å²) < 4.78 is 17.0. The molecule has 3 heteroatoms. The summed E-state index contributed by atoms with van der Waals surface area (Å²) in [6, 6.07) is 0. The van der Waals surface area contributed by atoms with Crippen LogP contribution in [0.5, 0.6) is 0 Å². The highest BCUT2D eigenvalue weighted by atomic mass is 32.2. The molecule has 0 saturated heterocycles. The van der Waals surface area contributed by atoms with Crippen molar-refractivity contribution < 1.29 is 4.55 Å². The molecule has 0 aromatic carbocycles. The lowest BCUT2D eigenvalue weighted by molar-refractivity contribution is 0.385. The summed E-state index contributed by atoms with van der Waals surface area (Å²) in [5.41, 5.74) is 2.52. The Morgan fingerprint density at radius 1 is 1.27 bits per heavy atom. The van der Waals surface area contributed by atoms with Crippen molar-refractivity contribution in [3.63, 3.8) is 0 Å². The summed E-state index contributed by atoms with van der Waals surface area (Å²) in [5, 5.41) is 0. The summed E-state index contributed by atoms with van der Waals surface area (Å²) in [7, 11) is 0. The molecule has 2 atom stereocenters. The van der Waals surface area contributed by atoms with E-state index in [0.29, 0.717) is 0 Å². The van der Waals surface area contributed by atoms with E-state index in [2.05, 4.69) is 26.5 Å². The topological polar surface area (TPSA) is 35.4 Å². The average molecular weight is 324 g/mol. The van der Waals surface area contributed by atoms with E-state index in [-0.39, 0.29) is 10.2 Å². The van der Waals surface area contributed by atoms with Crippen LogP contribution in [0.3, 0.4) is 0 Å². The minimum atomic E-state index is -1.17. The number of nitrogens with zero attached hydrogens (tertiary/aromatic N) is 1. The first-order valence-corrected chi connectivity index (χ1v) is 9.56. The first-order chi connectivity index (χ1) is 10.2. The third-order valence-electron chi connectivity index (χ3n) is 4.33. The Balaban J connectivity index is 3.21. The van der Waals surface area contributed by atoms with Gasteiger partial charge in [0.05, 0.1) is 5.71 Å². The van der Waals surface area contributed by atoms with Gasteiger partial charge in [-0.05, 0) is 66.7 Å². The summed E-state index contributed by atoms with van der Waals surface area (Å²) in [6.45, 7) is 14.2. The number of rotatable bonds is 5. The normalized spacial score (nSPS) is 26.4. The van der Waals surface area contributed by atoms with Gasteiger partial charge in [-0.15, -0.1) is 6.58 Å². The van der Waals surface area contributed by atoms with Gasteiger partial charge in [-0.1, -0.05) is 35.0 Å². The largest absolute Gasteiger partial charge is 0.591 e. The first kappa shape index (κ1) is 19.5. The number of hydrogen-bond acceptors (Lipinski definition) is 2. The van der Waals surface area contributed by atoms with Gasteiger partial charge < -0.3 is 4.55 Å². The van der Waals surface area contributed by atoms with E-state index in [1.54, 1.807) is 0 Å². The molecule has 126 valence electrons. The van der Waals surface area contributed by atoms with Crippen LogP contribution in [0.15, 0.2) is 28.7 Å². The minimum absolute atomic E-state index is 0.0242. The lowest BCUT2D eigenvalue weighted by atomic mass is 9.73. The van der Waals surface area contributed by atoms with Gasteiger partial charge in [-0.2, -0.15) is 0 Å². The van der Waals surface area contributed by atoms with Gasteiger partial charge in [0.2, 0.25) is 0 Å². The van der Waals surface area contributed by atoms with Crippen LogP contribution in [-0.4, -0.2) is 15.0 Å². The Morgan fingerprint density at radius 3 is 2.50 bits per heavy atom. The van der Waals surface area contributed by atoms with E-state index in [0.717, 1.165) is 37.8 Å². The maximum atomic E-state index is 12.6. The van der Waals surface area contributed by atoms with Gasteiger partial charge in [0.15, 0.2) is 0 Å². The number of hydrogen-bond donors (Lipinski definition) is 0. The van der Waals surface area contributed by atoms with Crippen LogP contribution < -0.4 is 0 Å². The molecule has 0 radical (unpaired) electrons. The van der Waals surface area contributed by atoms with Gasteiger partial charge in [0.1, 0.15) is 16.1 Å². The molecule has 0 N–H and O–H groups in total. The van der Waals surface area contributed by atoms with E-state index < -0.39 is 11.4 Å². The molecule has 1 rings (SSSR count). The molecule has 0 bridgehead atoms. The molecule has 0 spiro atoms. The molecule has 1 aliphatic rings. The predicted molar refractivity (Wildman–Crippen MR) is 99.7 cm³/mol. The Kier molecular flexibility index (Phi) is 7.40. The fraction of sp³-hybridized carbons (Fsp3) is 0.737. The highest BCUT2D eigenvalue weighted by Gasteiger charge is 2.38. The Bertz CT molecular complexity index is 429. The van der Waals surface area contributed by atoms with Crippen LogP contribution in [0.25, 0.3) is 0 Å². The SMILES string of the molecule is C=CC[C@]1(CC=C(C)C)CCCCC/C1=N\[S+]([O-])C(C)(C)C. The van der Waals surface area contributed by atoms with Crippen molar-refractivity contribution in [2.45, 2.75) is 84.3 Å². The molecule has 0 aromatic rings. The molecular formula is C19H33NOS. The quantitative estimate of drug-likeness (QED) is 0.359. The molecule has 0 amide bonds. The monoisotopic (exact) mass is 323 g/mol. The second-order valence-electron chi connectivity index (χ2n) is 7.72. The van der Waals surface area contributed by atoms with Gasteiger partial charge in [-0.3, -0.25) is 0 Å². The molecular weight excluding hydrogens is 290 g/mol. The Labute approximate surface area is 140 Å². The smallest absolute Gasteiger partial charge is 0.144 e. The van der Waals surface area contributed by atoms with Crippen LogP contribution in [0.2, 0.25) is 0 Å². The molecule has 0 aromatic heterocycles. The molecule has 2 nitrogen and oxygen atoms in total. The van der Waals surface area contributed by atoms with Crippen molar-refractivity contribution in [1.82, 2.24) is 0 Å². The third-order valence-corrected chi connectivity index (χ3v) is 5.77. The van der Waals surface area contributed by atoms with Gasteiger partial charge >= 0.3 is 0 Å². The Morgan fingerprint density at radius 2 is 1.95 bits per heavy atom.